The highest BCUT2D eigenvalue weighted by Gasteiger charge is 2.27. The lowest BCUT2D eigenvalue weighted by Crippen LogP contribution is -2.14. The molecular formula is C11H10ClF2NO. The lowest BCUT2D eigenvalue weighted by Gasteiger charge is -2.07. The van der Waals surface area contributed by atoms with Crippen LogP contribution in [0.1, 0.15) is 24.3 Å². The van der Waals surface area contributed by atoms with E-state index in [2.05, 4.69) is 5.32 Å². The van der Waals surface area contributed by atoms with Crippen LogP contribution < -0.4 is 5.32 Å². The maximum Gasteiger partial charge on any atom is 0.239 e. The largest absolute Gasteiger partial charge is 0.322 e. The van der Waals surface area contributed by atoms with Crippen molar-refractivity contribution in [1.29, 1.82) is 0 Å². The van der Waals surface area contributed by atoms with E-state index >= 15 is 0 Å². The van der Waals surface area contributed by atoms with Crippen molar-refractivity contribution in [2.24, 2.45) is 0 Å². The fraction of sp³-hybridized carbons (Fsp3) is 0.364. The Labute approximate surface area is 96.6 Å². The van der Waals surface area contributed by atoms with Crippen LogP contribution in [0, 0.1) is 11.6 Å². The minimum Gasteiger partial charge on any atom is -0.322 e. The van der Waals surface area contributed by atoms with Crippen LogP contribution in [0.5, 0.6) is 0 Å². The molecule has 1 amide bonds. The van der Waals surface area contributed by atoms with Crippen LogP contribution >= 0.6 is 11.6 Å². The predicted molar refractivity (Wildman–Crippen MR) is 57.7 cm³/mol. The van der Waals surface area contributed by atoms with Crippen LogP contribution in [0.3, 0.4) is 0 Å². The Bertz CT molecular complexity index is 432. The number of hydrogen-bond acceptors (Lipinski definition) is 1. The van der Waals surface area contributed by atoms with Crippen LogP contribution in [-0.4, -0.2) is 11.8 Å². The molecule has 0 atom stereocenters. The lowest BCUT2D eigenvalue weighted by molar-refractivity contribution is -0.113. The molecule has 1 aromatic carbocycles. The van der Waals surface area contributed by atoms with Crippen molar-refractivity contribution in [3.05, 3.63) is 29.3 Å². The predicted octanol–water partition coefficient (Wildman–Crippen LogP) is 3.02. The normalized spacial score (nSPS) is 14.9. The van der Waals surface area contributed by atoms with Gasteiger partial charge in [-0.15, -0.1) is 11.6 Å². The lowest BCUT2D eigenvalue weighted by atomic mass is 10.1. The molecule has 0 saturated heterocycles. The van der Waals surface area contributed by atoms with E-state index in [9.17, 15) is 13.6 Å². The molecule has 1 aliphatic carbocycles. The van der Waals surface area contributed by atoms with E-state index in [0.29, 0.717) is 5.56 Å². The molecule has 0 spiro atoms. The Kier molecular flexibility index (Phi) is 3.10. The first-order valence-electron chi connectivity index (χ1n) is 4.96. The van der Waals surface area contributed by atoms with Gasteiger partial charge in [0.05, 0.1) is 5.69 Å². The van der Waals surface area contributed by atoms with E-state index in [-0.39, 0.29) is 17.5 Å². The molecule has 2 nitrogen and oxygen atoms in total. The molecule has 5 heteroatoms. The zero-order valence-electron chi connectivity index (χ0n) is 8.40. The molecule has 1 N–H and O–H groups in total. The Hall–Kier alpha value is -1.16. The van der Waals surface area contributed by atoms with Gasteiger partial charge in [-0.3, -0.25) is 4.79 Å². The molecule has 1 aliphatic rings. The first-order valence-corrected chi connectivity index (χ1v) is 5.50. The van der Waals surface area contributed by atoms with E-state index in [1.54, 1.807) is 0 Å². The van der Waals surface area contributed by atoms with Gasteiger partial charge >= 0.3 is 0 Å². The third-order valence-corrected chi connectivity index (χ3v) is 2.74. The summed E-state index contributed by atoms with van der Waals surface area (Å²) in [5.41, 5.74) is 0.230. The summed E-state index contributed by atoms with van der Waals surface area (Å²) in [6, 6.07) is 2.16. The van der Waals surface area contributed by atoms with Gasteiger partial charge in [0.15, 0.2) is 0 Å². The smallest absolute Gasteiger partial charge is 0.239 e. The number of carbonyl (C=O) groups is 1. The molecular weight excluding hydrogens is 236 g/mol. The van der Waals surface area contributed by atoms with Crippen molar-refractivity contribution >= 4 is 23.2 Å². The van der Waals surface area contributed by atoms with Crippen LogP contribution in [0.25, 0.3) is 0 Å². The van der Waals surface area contributed by atoms with Gasteiger partial charge in [0.25, 0.3) is 0 Å². The summed E-state index contributed by atoms with van der Waals surface area (Å²) in [5, 5.41) is 2.20. The summed E-state index contributed by atoms with van der Waals surface area (Å²) in [7, 11) is 0. The highest BCUT2D eigenvalue weighted by atomic mass is 35.5. The van der Waals surface area contributed by atoms with E-state index in [0.717, 1.165) is 25.0 Å². The van der Waals surface area contributed by atoms with Crippen molar-refractivity contribution in [2.45, 2.75) is 18.8 Å². The summed E-state index contributed by atoms with van der Waals surface area (Å²) in [5.74, 6) is -1.81. The van der Waals surface area contributed by atoms with E-state index in [1.807, 2.05) is 0 Å². The molecule has 1 aromatic rings. The summed E-state index contributed by atoms with van der Waals surface area (Å²) >= 11 is 5.26. The molecule has 0 bridgehead atoms. The van der Waals surface area contributed by atoms with Crippen LogP contribution in [-0.2, 0) is 4.79 Å². The first kappa shape index (κ1) is 11.3. The van der Waals surface area contributed by atoms with Gasteiger partial charge in [-0.1, -0.05) is 0 Å². The Morgan fingerprint density at radius 2 is 2.06 bits per heavy atom. The number of amides is 1. The van der Waals surface area contributed by atoms with E-state index < -0.39 is 17.5 Å². The topological polar surface area (TPSA) is 29.1 Å². The molecule has 0 unspecified atom stereocenters. The second-order valence-corrected chi connectivity index (χ2v) is 4.08. The zero-order chi connectivity index (χ0) is 11.7. The monoisotopic (exact) mass is 245 g/mol. The molecule has 0 aliphatic heterocycles. The summed E-state index contributed by atoms with van der Waals surface area (Å²) in [4.78, 5) is 10.9. The summed E-state index contributed by atoms with van der Waals surface area (Å²) < 4.78 is 27.0. The third kappa shape index (κ3) is 2.32. The van der Waals surface area contributed by atoms with Crippen molar-refractivity contribution in [1.82, 2.24) is 0 Å². The SMILES string of the molecule is O=C(CCl)Nc1cc(F)c(C2CC2)cc1F. The van der Waals surface area contributed by atoms with Crippen molar-refractivity contribution in [3.63, 3.8) is 0 Å². The van der Waals surface area contributed by atoms with Crippen LogP contribution in [0.2, 0.25) is 0 Å². The molecule has 86 valence electrons. The van der Waals surface area contributed by atoms with Gasteiger partial charge < -0.3 is 5.32 Å². The van der Waals surface area contributed by atoms with Crippen molar-refractivity contribution in [2.75, 3.05) is 11.2 Å². The van der Waals surface area contributed by atoms with Gasteiger partial charge in [0, 0.05) is 6.07 Å². The molecule has 0 heterocycles. The second kappa shape index (κ2) is 4.37. The van der Waals surface area contributed by atoms with E-state index in [4.69, 9.17) is 11.6 Å². The Balaban J connectivity index is 2.26. The van der Waals surface area contributed by atoms with Crippen LogP contribution in [0.4, 0.5) is 14.5 Å². The van der Waals surface area contributed by atoms with Crippen LogP contribution in [0.15, 0.2) is 12.1 Å². The fourth-order valence-corrected chi connectivity index (χ4v) is 1.62. The van der Waals surface area contributed by atoms with E-state index in [1.165, 1.54) is 0 Å². The molecule has 0 radical (unpaired) electrons. The van der Waals surface area contributed by atoms with Gasteiger partial charge in [-0.2, -0.15) is 0 Å². The average Bonchev–Trinajstić information content (AvgIpc) is 3.06. The quantitative estimate of drug-likeness (QED) is 0.815. The van der Waals surface area contributed by atoms with Gasteiger partial charge in [0.1, 0.15) is 17.5 Å². The van der Waals surface area contributed by atoms with Gasteiger partial charge in [-0.05, 0) is 30.4 Å². The number of hydrogen-bond donors (Lipinski definition) is 1. The molecule has 1 saturated carbocycles. The summed E-state index contributed by atoms with van der Waals surface area (Å²) in [6.45, 7) is 0. The highest BCUT2D eigenvalue weighted by molar-refractivity contribution is 6.29. The molecule has 16 heavy (non-hydrogen) atoms. The highest BCUT2D eigenvalue weighted by Crippen LogP contribution is 2.42. The number of alkyl halides is 1. The molecule has 0 aromatic heterocycles. The maximum absolute atomic E-state index is 13.5. The number of benzene rings is 1. The third-order valence-electron chi connectivity index (χ3n) is 2.50. The van der Waals surface area contributed by atoms with Gasteiger partial charge in [0.2, 0.25) is 5.91 Å². The molecule has 1 fully saturated rings. The second-order valence-electron chi connectivity index (χ2n) is 3.81. The standard InChI is InChI=1S/C11H10ClF2NO/c12-5-11(16)15-10-4-8(13)7(3-9(10)14)6-1-2-6/h3-4,6H,1-2,5H2,(H,15,16). The van der Waals surface area contributed by atoms with Gasteiger partial charge in [-0.25, -0.2) is 8.78 Å². The number of carbonyl (C=O) groups excluding carboxylic acids is 1. The number of anilines is 1. The van der Waals surface area contributed by atoms with Crippen molar-refractivity contribution < 1.29 is 13.6 Å². The maximum atomic E-state index is 13.5. The summed E-state index contributed by atoms with van der Waals surface area (Å²) in [6.07, 6.45) is 1.79. The minimum atomic E-state index is -0.623. The Morgan fingerprint density at radius 1 is 1.38 bits per heavy atom. The number of nitrogens with one attached hydrogen (secondary N) is 1. The van der Waals surface area contributed by atoms with Crippen molar-refractivity contribution in [3.8, 4) is 0 Å². The number of rotatable bonds is 3. The number of halogens is 3. The Morgan fingerprint density at radius 3 is 2.62 bits per heavy atom. The average molecular weight is 246 g/mol. The zero-order valence-corrected chi connectivity index (χ0v) is 9.15. The fourth-order valence-electron chi connectivity index (χ4n) is 1.55. The molecule has 2 rings (SSSR count). The first-order chi connectivity index (χ1) is 7.61. The minimum absolute atomic E-state index is 0.132.